The van der Waals surface area contributed by atoms with Crippen LogP contribution in [-0.4, -0.2) is 44.9 Å². The van der Waals surface area contributed by atoms with E-state index in [4.69, 9.17) is 5.73 Å². The zero-order valence-corrected chi connectivity index (χ0v) is 22.0. The summed E-state index contributed by atoms with van der Waals surface area (Å²) in [5.74, 6) is -0.781. The molecular formula is C29H35N5O4. The molecule has 0 saturated carbocycles. The predicted octanol–water partition coefficient (Wildman–Crippen LogP) is 2.32. The highest BCUT2D eigenvalue weighted by molar-refractivity contribution is 6.01. The van der Waals surface area contributed by atoms with Crippen molar-refractivity contribution in [2.45, 2.75) is 58.8 Å². The average Bonchev–Trinajstić information content (AvgIpc) is 2.92. The molecule has 3 N–H and O–H groups in total. The third-order valence-corrected chi connectivity index (χ3v) is 7.10. The average molecular weight is 518 g/mol. The molecule has 0 spiro atoms. The van der Waals surface area contributed by atoms with Crippen molar-refractivity contribution in [1.29, 1.82) is 0 Å². The summed E-state index contributed by atoms with van der Waals surface area (Å²) in [4.78, 5) is 54.7. The van der Waals surface area contributed by atoms with Crippen molar-refractivity contribution in [1.82, 2.24) is 19.4 Å². The van der Waals surface area contributed by atoms with Gasteiger partial charge >= 0.3 is 5.69 Å². The fourth-order valence-corrected chi connectivity index (χ4v) is 4.93. The summed E-state index contributed by atoms with van der Waals surface area (Å²) in [5, 5.41) is 2.99. The summed E-state index contributed by atoms with van der Waals surface area (Å²) in [6.45, 7) is 4.76. The van der Waals surface area contributed by atoms with E-state index in [1.807, 2.05) is 66.4 Å². The van der Waals surface area contributed by atoms with E-state index in [-0.39, 0.29) is 36.9 Å². The number of nitrogen functional groups attached to an aromatic ring is 1. The van der Waals surface area contributed by atoms with Crippen LogP contribution in [0, 0.1) is 6.92 Å². The lowest BCUT2D eigenvalue weighted by molar-refractivity contribution is -0.127. The molecule has 2 aromatic carbocycles. The molecule has 1 aliphatic rings. The molecule has 0 bridgehead atoms. The van der Waals surface area contributed by atoms with Gasteiger partial charge in [0.1, 0.15) is 11.4 Å². The number of likely N-dealkylation sites (tertiary alicyclic amines) is 1. The van der Waals surface area contributed by atoms with E-state index in [0.29, 0.717) is 19.5 Å². The third kappa shape index (κ3) is 5.94. The van der Waals surface area contributed by atoms with E-state index in [0.717, 1.165) is 34.1 Å². The first-order valence-electron chi connectivity index (χ1n) is 13.1. The van der Waals surface area contributed by atoms with Crippen LogP contribution in [0.1, 0.15) is 53.2 Å². The molecular weight excluding hydrogens is 482 g/mol. The van der Waals surface area contributed by atoms with Gasteiger partial charge in [0.05, 0.1) is 19.1 Å². The Morgan fingerprint density at radius 3 is 2.37 bits per heavy atom. The summed E-state index contributed by atoms with van der Waals surface area (Å²) in [5.41, 5.74) is 7.83. The van der Waals surface area contributed by atoms with E-state index >= 15 is 0 Å². The molecule has 1 atom stereocenters. The number of carbonyl (C=O) groups excluding carboxylic acids is 2. The molecule has 38 heavy (non-hydrogen) atoms. The molecule has 9 heteroatoms. The number of piperidine rings is 1. The first-order chi connectivity index (χ1) is 18.3. The first-order valence-corrected chi connectivity index (χ1v) is 13.1. The molecule has 1 fully saturated rings. The third-order valence-electron chi connectivity index (χ3n) is 7.10. The zero-order chi connectivity index (χ0) is 27.2. The maximum Gasteiger partial charge on any atom is 0.332 e. The number of rotatable bonds is 9. The van der Waals surface area contributed by atoms with Gasteiger partial charge in [0.15, 0.2) is 5.78 Å². The molecule has 4 rings (SSSR count). The number of nitrogens with two attached hydrogens (primary N) is 1. The van der Waals surface area contributed by atoms with Gasteiger partial charge in [0.2, 0.25) is 5.91 Å². The van der Waals surface area contributed by atoms with Crippen LogP contribution in [0.4, 0.5) is 5.82 Å². The second-order valence-electron chi connectivity index (χ2n) is 9.77. The van der Waals surface area contributed by atoms with Crippen molar-refractivity contribution in [3.05, 3.63) is 97.7 Å². The van der Waals surface area contributed by atoms with E-state index in [9.17, 15) is 19.2 Å². The lowest BCUT2D eigenvalue weighted by Gasteiger charge is -2.34. The van der Waals surface area contributed by atoms with Crippen molar-refractivity contribution in [3.63, 3.8) is 0 Å². The molecule has 1 unspecified atom stereocenters. The highest BCUT2D eigenvalue weighted by atomic mass is 16.2. The maximum absolute atomic E-state index is 13.5. The molecule has 1 aliphatic heterocycles. The minimum atomic E-state index is -0.693. The van der Waals surface area contributed by atoms with Crippen LogP contribution in [0.3, 0.4) is 0 Å². The Morgan fingerprint density at radius 2 is 1.68 bits per heavy atom. The van der Waals surface area contributed by atoms with E-state index in [2.05, 4.69) is 5.32 Å². The van der Waals surface area contributed by atoms with Crippen LogP contribution in [0.15, 0.2) is 64.2 Å². The van der Waals surface area contributed by atoms with Crippen molar-refractivity contribution in [2.75, 3.05) is 18.8 Å². The number of carbonyl (C=O) groups is 2. The molecule has 1 saturated heterocycles. The quantitative estimate of drug-likeness (QED) is 0.421. The van der Waals surface area contributed by atoms with Crippen LogP contribution in [-0.2, 0) is 24.4 Å². The minimum Gasteiger partial charge on any atom is -0.384 e. The number of anilines is 1. The van der Waals surface area contributed by atoms with E-state index in [1.54, 1.807) is 6.92 Å². The summed E-state index contributed by atoms with van der Waals surface area (Å²) in [6, 6.07) is 16.7. The molecule has 200 valence electrons. The maximum atomic E-state index is 13.5. The SMILES string of the molecule is CCn1c(=O)c(C(=O)CN2CCCCC2C(=O)NCc2ccc(C)cc2)c(N)n(Cc2ccccc2)c1=O. The molecule has 1 amide bonds. The molecule has 9 nitrogen and oxygen atoms in total. The number of nitrogens with zero attached hydrogens (tertiary/aromatic N) is 3. The van der Waals surface area contributed by atoms with Gasteiger partial charge in [0, 0.05) is 13.1 Å². The summed E-state index contributed by atoms with van der Waals surface area (Å²) in [7, 11) is 0. The number of hydrogen-bond donors (Lipinski definition) is 2. The van der Waals surface area contributed by atoms with Crippen molar-refractivity contribution >= 4 is 17.5 Å². The van der Waals surface area contributed by atoms with E-state index < -0.39 is 23.1 Å². The fourth-order valence-electron chi connectivity index (χ4n) is 4.93. The van der Waals surface area contributed by atoms with Crippen molar-refractivity contribution in [3.8, 4) is 0 Å². The summed E-state index contributed by atoms with van der Waals surface area (Å²) >= 11 is 0. The second-order valence-corrected chi connectivity index (χ2v) is 9.77. The Hall–Kier alpha value is -3.98. The van der Waals surface area contributed by atoms with Gasteiger partial charge < -0.3 is 11.1 Å². The number of nitrogens with one attached hydrogen (secondary N) is 1. The topological polar surface area (TPSA) is 119 Å². The van der Waals surface area contributed by atoms with Crippen molar-refractivity contribution in [2.24, 2.45) is 0 Å². The first kappa shape index (κ1) is 27.1. The molecule has 1 aromatic heterocycles. The largest absolute Gasteiger partial charge is 0.384 e. The van der Waals surface area contributed by atoms with E-state index in [1.165, 1.54) is 4.57 Å². The number of aromatic nitrogens is 2. The Balaban J connectivity index is 1.56. The van der Waals surface area contributed by atoms with Crippen molar-refractivity contribution < 1.29 is 9.59 Å². The monoisotopic (exact) mass is 517 g/mol. The van der Waals surface area contributed by atoms with Gasteiger partial charge in [-0.1, -0.05) is 66.6 Å². The highest BCUT2D eigenvalue weighted by Gasteiger charge is 2.32. The normalized spacial score (nSPS) is 15.8. The lowest BCUT2D eigenvalue weighted by Crippen LogP contribution is -2.52. The van der Waals surface area contributed by atoms with Crippen LogP contribution in [0.2, 0.25) is 0 Å². The van der Waals surface area contributed by atoms with Gasteiger partial charge in [-0.15, -0.1) is 0 Å². The Bertz CT molecular complexity index is 1410. The van der Waals surface area contributed by atoms with Crippen LogP contribution < -0.4 is 22.3 Å². The Kier molecular flexibility index (Phi) is 8.58. The lowest BCUT2D eigenvalue weighted by atomic mass is 10.00. The fraction of sp³-hybridized carbons (Fsp3) is 0.379. The number of hydrogen-bond acceptors (Lipinski definition) is 6. The number of amides is 1. The van der Waals surface area contributed by atoms with Gasteiger partial charge in [-0.05, 0) is 44.4 Å². The summed E-state index contributed by atoms with van der Waals surface area (Å²) in [6.07, 6.45) is 2.34. The van der Waals surface area contributed by atoms with Gasteiger partial charge in [-0.3, -0.25) is 28.4 Å². The van der Waals surface area contributed by atoms with Gasteiger partial charge in [-0.2, -0.15) is 0 Å². The second kappa shape index (κ2) is 12.0. The number of aryl methyl sites for hydroxylation is 1. The van der Waals surface area contributed by atoms with Crippen LogP contribution in [0.25, 0.3) is 0 Å². The number of Topliss-reactive ketones (excluding diaryl/α,β-unsaturated/α-hetero) is 1. The summed E-state index contributed by atoms with van der Waals surface area (Å²) < 4.78 is 2.31. The Morgan fingerprint density at radius 1 is 0.974 bits per heavy atom. The van der Waals surface area contributed by atoms with Gasteiger partial charge in [0.25, 0.3) is 5.56 Å². The Labute approximate surface area is 221 Å². The highest BCUT2D eigenvalue weighted by Crippen LogP contribution is 2.19. The number of benzene rings is 2. The van der Waals surface area contributed by atoms with Crippen LogP contribution in [0.5, 0.6) is 0 Å². The van der Waals surface area contributed by atoms with Crippen LogP contribution >= 0.6 is 0 Å². The predicted molar refractivity (Wildman–Crippen MR) is 147 cm³/mol. The zero-order valence-electron chi connectivity index (χ0n) is 22.0. The standard InChI is InChI=1S/C29H35N5O4/c1-3-33-28(37)25(26(30)34(29(33)38)18-22-9-5-4-6-10-22)24(35)19-32-16-8-7-11-23(32)27(36)31-17-21-14-12-20(2)13-15-21/h4-6,9-10,12-15,23H,3,7-8,11,16-19,30H2,1-2H3,(H,31,36). The number of ketones is 1. The molecule has 2 heterocycles. The molecule has 0 aliphatic carbocycles. The minimum absolute atomic E-state index is 0.112. The smallest absolute Gasteiger partial charge is 0.332 e. The molecule has 0 radical (unpaired) electrons. The molecule has 3 aromatic rings. The van der Waals surface area contributed by atoms with Gasteiger partial charge in [-0.25, -0.2) is 4.79 Å².